The number of rotatable bonds is 8. The highest BCUT2D eigenvalue weighted by Gasteiger charge is 2.24. The summed E-state index contributed by atoms with van der Waals surface area (Å²) in [4.78, 5) is 10.7. The van der Waals surface area contributed by atoms with Gasteiger partial charge in [0, 0.05) is 31.6 Å². The van der Waals surface area contributed by atoms with Crippen molar-refractivity contribution >= 4 is 17.3 Å². The first-order valence-electron chi connectivity index (χ1n) is 10.1. The lowest BCUT2D eigenvalue weighted by atomic mass is 10.1. The maximum atomic E-state index is 4.44. The van der Waals surface area contributed by atoms with Crippen LogP contribution in [0.1, 0.15) is 34.9 Å². The zero-order valence-corrected chi connectivity index (χ0v) is 18.1. The van der Waals surface area contributed by atoms with Crippen LogP contribution < -0.4 is 10.6 Å². The van der Waals surface area contributed by atoms with E-state index in [1.807, 2.05) is 18.4 Å². The van der Waals surface area contributed by atoms with Gasteiger partial charge in [-0.1, -0.05) is 30.3 Å². The van der Waals surface area contributed by atoms with E-state index < -0.39 is 0 Å². The third-order valence-corrected chi connectivity index (χ3v) is 6.16. The Bertz CT molecular complexity index is 735. The molecule has 0 aliphatic carbocycles. The minimum Gasteiger partial charge on any atom is -0.354 e. The number of nitrogens with one attached hydrogen (secondary N) is 2. The molecular formula is C22H33N5S. The fraction of sp³-hybridized carbons (Fsp3) is 0.500. The van der Waals surface area contributed by atoms with E-state index in [0.717, 1.165) is 25.6 Å². The van der Waals surface area contributed by atoms with Gasteiger partial charge in [-0.15, -0.1) is 11.3 Å². The van der Waals surface area contributed by atoms with Crippen LogP contribution in [-0.2, 0) is 13.1 Å². The van der Waals surface area contributed by atoms with E-state index in [1.54, 1.807) is 0 Å². The molecule has 0 bridgehead atoms. The second-order valence-corrected chi connectivity index (χ2v) is 8.57. The Kier molecular flexibility index (Phi) is 7.89. The Balaban J connectivity index is 1.58. The van der Waals surface area contributed by atoms with E-state index in [0.29, 0.717) is 6.04 Å². The number of aliphatic imine (C=N–C) groups is 1. The molecule has 152 valence electrons. The van der Waals surface area contributed by atoms with Crippen LogP contribution in [0.2, 0.25) is 0 Å². The molecule has 0 radical (unpaired) electrons. The maximum Gasteiger partial charge on any atom is 0.191 e. The topological polar surface area (TPSA) is 42.9 Å². The molecular weight excluding hydrogens is 366 g/mol. The molecule has 5 nitrogen and oxygen atoms in total. The third kappa shape index (κ3) is 5.80. The van der Waals surface area contributed by atoms with Crippen molar-refractivity contribution in [2.75, 3.05) is 40.8 Å². The fourth-order valence-corrected chi connectivity index (χ4v) is 4.62. The van der Waals surface area contributed by atoms with Crippen molar-refractivity contribution in [2.24, 2.45) is 4.99 Å². The van der Waals surface area contributed by atoms with Crippen LogP contribution in [0.3, 0.4) is 0 Å². The van der Waals surface area contributed by atoms with Crippen LogP contribution in [0.5, 0.6) is 0 Å². The summed E-state index contributed by atoms with van der Waals surface area (Å²) in [6.07, 6.45) is 2.61. The summed E-state index contributed by atoms with van der Waals surface area (Å²) in [5.41, 5.74) is 2.66. The Morgan fingerprint density at radius 3 is 2.50 bits per heavy atom. The van der Waals surface area contributed by atoms with Gasteiger partial charge in [0.1, 0.15) is 0 Å². The summed E-state index contributed by atoms with van der Waals surface area (Å²) in [5.74, 6) is 0.861. The van der Waals surface area contributed by atoms with Crippen LogP contribution in [0.4, 0.5) is 0 Å². The SMILES string of the molecule is CN=C(NCc1ccccc1CN(C)C)NCC(c1cccs1)N1CCCC1. The number of hydrogen-bond acceptors (Lipinski definition) is 4. The van der Waals surface area contributed by atoms with Crippen molar-refractivity contribution in [3.05, 3.63) is 57.8 Å². The van der Waals surface area contributed by atoms with E-state index in [-0.39, 0.29) is 0 Å². The maximum absolute atomic E-state index is 4.44. The summed E-state index contributed by atoms with van der Waals surface area (Å²) in [6, 6.07) is 13.4. The molecule has 1 aromatic heterocycles. The van der Waals surface area contributed by atoms with E-state index in [9.17, 15) is 0 Å². The Labute approximate surface area is 173 Å². The van der Waals surface area contributed by atoms with Crippen molar-refractivity contribution in [2.45, 2.75) is 32.0 Å². The zero-order chi connectivity index (χ0) is 19.8. The van der Waals surface area contributed by atoms with Gasteiger partial charge in [-0.2, -0.15) is 0 Å². The third-order valence-electron chi connectivity index (χ3n) is 5.19. The summed E-state index contributed by atoms with van der Waals surface area (Å²) in [7, 11) is 6.05. The van der Waals surface area contributed by atoms with Gasteiger partial charge in [0.25, 0.3) is 0 Å². The molecule has 2 aromatic rings. The quantitative estimate of drug-likeness (QED) is 0.528. The molecule has 0 saturated carbocycles. The molecule has 0 amide bonds. The summed E-state index contributed by atoms with van der Waals surface area (Å²) >= 11 is 1.85. The van der Waals surface area contributed by atoms with Crippen LogP contribution in [0.25, 0.3) is 0 Å². The molecule has 1 aliphatic heterocycles. The monoisotopic (exact) mass is 399 g/mol. The predicted molar refractivity (Wildman–Crippen MR) is 120 cm³/mol. The van der Waals surface area contributed by atoms with Crippen molar-refractivity contribution in [3.63, 3.8) is 0 Å². The van der Waals surface area contributed by atoms with E-state index in [2.05, 4.69) is 81.3 Å². The summed E-state index contributed by atoms with van der Waals surface area (Å²) in [5, 5.41) is 9.23. The molecule has 0 spiro atoms. The molecule has 2 heterocycles. The normalized spacial score (nSPS) is 16.5. The highest BCUT2D eigenvalue weighted by atomic mass is 32.1. The molecule has 1 atom stereocenters. The van der Waals surface area contributed by atoms with Crippen molar-refractivity contribution in [1.82, 2.24) is 20.4 Å². The smallest absolute Gasteiger partial charge is 0.191 e. The molecule has 3 rings (SSSR count). The zero-order valence-electron chi connectivity index (χ0n) is 17.3. The first kappa shape index (κ1) is 20.8. The lowest BCUT2D eigenvalue weighted by Crippen LogP contribution is -2.42. The van der Waals surface area contributed by atoms with E-state index >= 15 is 0 Å². The van der Waals surface area contributed by atoms with Crippen molar-refractivity contribution in [3.8, 4) is 0 Å². The van der Waals surface area contributed by atoms with Crippen molar-refractivity contribution in [1.29, 1.82) is 0 Å². The van der Waals surface area contributed by atoms with Crippen LogP contribution in [0, 0.1) is 0 Å². The van der Waals surface area contributed by atoms with Crippen LogP contribution in [0.15, 0.2) is 46.8 Å². The highest BCUT2D eigenvalue weighted by Crippen LogP contribution is 2.27. The van der Waals surface area contributed by atoms with Gasteiger partial charge in [0.2, 0.25) is 0 Å². The molecule has 1 fully saturated rings. The minimum atomic E-state index is 0.419. The van der Waals surface area contributed by atoms with Gasteiger partial charge in [-0.05, 0) is 62.6 Å². The largest absolute Gasteiger partial charge is 0.354 e. The average Bonchev–Trinajstić information content (AvgIpc) is 3.40. The molecule has 2 N–H and O–H groups in total. The number of likely N-dealkylation sites (tertiary alicyclic amines) is 1. The molecule has 1 aliphatic rings. The molecule has 6 heteroatoms. The molecule has 1 aromatic carbocycles. The van der Waals surface area contributed by atoms with E-state index in [1.165, 1.54) is 41.9 Å². The van der Waals surface area contributed by atoms with Gasteiger partial charge in [-0.25, -0.2) is 0 Å². The predicted octanol–water partition coefficient (Wildman–Crippen LogP) is 3.31. The molecule has 1 saturated heterocycles. The number of benzene rings is 1. The second kappa shape index (κ2) is 10.6. The van der Waals surface area contributed by atoms with Gasteiger partial charge in [-0.3, -0.25) is 9.89 Å². The average molecular weight is 400 g/mol. The number of thiophene rings is 1. The summed E-state index contributed by atoms with van der Waals surface area (Å²) < 4.78 is 0. The van der Waals surface area contributed by atoms with Crippen molar-refractivity contribution < 1.29 is 0 Å². The van der Waals surface area contributed by atoms with Gasteiger partial charge in [0.05, 0.1) is 6.04 Å². The van der Waals surface area contributed by atoms with Gasteiger partial charge < -0.3 is 15.5 Å². The minimum absolute atomic E-state index is 0.419. The van der Waals surface area contributed by atoms with Crippen LogP contribution in [-0.4, -0.2) is 56.5 Å². The number of hydrogen-bond donors (Lipinski definition) is 2. The van der Waals surface area contributed by atoms with Crippen LogP contribution >= 0.6 is 11.3 Å². The highest BCUT2D eigenvalue weighted by molar-refractivity contribution is 7.10. The molecule has 28 heavy (non-hydrogen) atoms. The second-order valence-electron chi connectivity index (χ2n) is 7.59. The lowest BCUT2D eigenvalue weighted by molar-refractivity contribution is 0.249. The van der Waals surface area contributed by atoms with E-state index in [4.69, 9.17) is 0 Å². The Morgan fingerprint density at radius 1 is 1.11 bits per heavy atom. The number of nitrogens with zero attached hydrogens (tertiary/aromatic N) is 3. The molecule has 1 unspecified atom stereocenters. The Hall–Kier alpha value is -1.89. The number of guanidine groups is 1. The van der Waals surface area contributed by atoms with Gasteiger partial charge >= 0.3 is 0 Å². The standard InChI is InChI=1S/C22H33N5S/c1-23-22(24-15-18-9-4-5-10-19(18)17-26(2)3)25-16-20(21-11-8-14-28-21)27-12-6-7-13-27/h4-5,8-11,14,20H,6-7,12-13,15-17H2,1-3H3,(H2,23,24,25). The fourth-order valence-electron chi connectivity index (χ4n) is 3.76. The first-order valence-corrected chi connectivity index (χ1v) is 11.0. The first-order chi connectivity index (χ1) is 13.7. The lowest BCUT2D eigenvalue weighted by Gasteiger charge is -2.27. The van der Waals surface area contributed by atoms with Gasteiger partial charge in [0.15, 0.2) is 5.96 Å². The Morgan fingerprint density at radius 2 is 1.86 bits per heavy atom. The summed E-state index contributed by atoms with van der Waals surface area (Å²) in [6.45, 7) is 4.97.